The molecule has 0 aliphatic carbocycles. The van der Waals surface area contributed by atoms with Crippen molar-refractivity contribution in [3.8, 4) is 11.5 Å². The number of benzene rings is 4. The second-order valence-electron chi connectivity index (χ2n) is 7.11. The summed E-state index contributed by atoms with van der Waals surface area (Å²) in [6, 6.07) is 27.4. The molecule has 0 saturated carbocycles. The molecule has 4 aromatic rings. The molecule has 0 aliphatic heterocycles. The molecular formula is C26H22N2O4. The normalized spacial score (nSPS) is 10.4. The van der Waals surface area contributed by atoms with Gasteiger partial charge >= 0.3 is 0 Å². The maximum Gasteiger partial charge on any atom is 0.262 e. The van der Waals surface area contributed by atoms with Crippen LogP contribution >= 0.6 is 0 Å². The zero-order valence-corrected chi connectivity index (χ0v) is 17.5. The number of methoxy groups -OCH3 is 1. The molecule has 0 saturated heterocycles. The zero-order chi connectivity index (χ0) is 22.3. The molecule has 32 heavy (non-hydrogen) atoms. The minimum Gasteiger partial charge on any atom is -0.497 e. The van der Waals surface area contributed by atoms with Gasteiger partial charge in [0.2, 0.25) is 0 Å². The van der Waals surface area contributed by atoms with Crippen LogP contribution in [0.3, 0.4) is 0 Å². The third-order valence-electron chi connectivity index (χ3n) is 4.87. The Kier molecular flexibility index (Phi) is 6.32. The molecule has 0 unspecified atom stereocenters. The van der Waals surface area contributed by atoms with E-state index in [0.29, 0.717) is 28.4 Å². The highest BCUT2D eigenvalue weighted by atomic mass is 16.5. The second kappa shape index (κ2) is 9.66. The van der Waals surface area contributed by atoms with Crippen LogP contribution in [-0.4, -0.2) is 25.5 Å². The van der Waals surface area contributed by atoms with E-state index in [4.69, 9.17) is 9.47 Å². The maximum absolute atomic E-state index is 12.4. The Balaban J connectivity index is 1.30. The average molecular weight is 426 g/mol. The molecule has 0 fully saturated rings. The molecule has 0 radical (unpaired) electrons. The molecule has 0 aromatic heterocycles. The molecular weight excluding hydrogens is 404 g/mol. The fourth-order valence-electron chi connectivity index (χ4n) is 3.19. The third kappa shape index (κ3) is 5.23. The maximum atomic E-state index is 12.4. The summed E-state index contributed by atoms with van der Waals surface area (Å²) in [5.41, 5.74) is 1.73. The smallest absolute Gasteiger partial charge is 0.262 e. The summed E-state index contributed by atoms with van der Waals surface area (Å²) in [7, 11) is 1.59. The van der Waals surface area contributed by atoms with Gasteiger partial charge in [-0.1, -0.05) is 30.3 Å². The van der Waals surface area contributed by atoms with Crippen LogP contribution in [0, 0.1) is 0 Å². The Morgan fingerprint density at radius 1 is 0.719 bits per heavy atom. The predicted molar refractivity (Wildman–Crippen MR) is 125 cm³/mol. The fraction of sp³-hybridized carbons (Fsp3) is 0.0769. The van der Waals surface area contributed by atoms with Crippen LogP contribution in [0.4, 0.5) is 11.4 Å². The van der Waals surface area contributed by atoms with E-state index in [1.54, 1.807) is 55.6 Å². The highest BCUT2D eigenvalue weighted by molar-refractivity contribution is 6.04. The lowest BCUT2D eigenvalue weighted by molar-refractivity contribution is -0.118. The Morgan fingerprint density at radius 2 is 1.34 bits per heavy atom. The van der Waals surface area contributed by atoms with Crippen molar-refractivity contribution < 1.29 is 19.1 Å². The van der Waals surface area contributed by atoms with Gasteiger partial charge in [0.1, 0.15) is 11.5 Å². The van der Waals surface area contributed by atoms with Crippen LogP contribution in [0.5, 0.6) is 11.5 Å². The Hall–Kier alpha value is -4.32. The van der Waals surface area contributed by atoms with Gasteiger partial charge in [0, 0.05) is 16.9 Å². The van der Waals surface area contributed by atoms with Crippen LogP contribution in [0.1, 0.15) is 10.4 Å². The SMILES string of the molecule is COc1ccc(NC(=O)c2ccc(NC(=O)COc3ccc4ccccc4c3)cc2)cc1. The van der Waals surface area contributed by atoms with Crippen molar-refractivity contribution in [2.45, 2.75) is 0 Å². The summed E-state index contributed by atoms with van der Waals surface area (Å²) in [4.78, 5) is 24.6. The zero-order valence-electron chi connectivity index (χ0n) is 17.5. The average Bonchev–Trinajstić information content (AvgIpc) is 2.83. The van der Waals surface area contributed by atoms with Crippen molar-refractivity contribution in [1.29, 1.82) is 0 Å². The monoisotopic (exact) mass is 426 g/mol. The number of hydrogen-bond donors (Lipinski definition) is 2. The minimum absolute atomic E-state index is 0.113. The van der Waals surface area contributed by atoms with Gasteiger partial charge in [0.25, 0.3) is 11.8 Å². The number of amides is 2. The number of hydrogen-bond acceptors (Lipinski definition) is 4. The van der Waals surface area contributed by atoms with Crippen molar-refractivity contribution in [2.75, 3.05) is 24.4 Å². The van der Waals surface area contributed by atoms with E-state index in [0.717, 1.165) is 10.8 Å². The van der Waals surface area contributed by atoms with Crippen molar-refractivity contribution >= 4 is 34.0 Å². The molecule has 6 nitrogen and oxygen atoms in total. The van der Waals surface area contributed by atoms with Crippen LogP contribution in [0.25, 0.3) is 10.8 Å². The van der Waals surface area contributed by atoms with E-state index in [1.165, 1.54) is 0 Å². The molecule has 0 atom stereocenters. The Labute approximate surface area is 185 Å². The number of nitrogens with one attached hydrogen (secondary N) is 2. The predicted octanol–water partition coefficient (Wildman–Crippen LogP) is 5.12. The fourth-order valence-corrected chi connectivity index (χ4v) is 3.19. The van der Waals surface area contributed by atoms with Gasteiger partial charge in [-0.3, -0.25) is 9.59 Å². The second-order valence-corrected chi connectivity index (χ2v) is 7.11. The summed E-state index contributed by atoms with van der Waals surface area (Å²) >= 11 is 0. The van der Waals surface area contributed by atoms with Gasteiger partial charge in [0.05, 0.1) is 7.11 Å². The highest BCUT2D eigenvalue weighted by Gasteiger charge is 2.08. The molecule has 0 aliphatic rings. The van der Waals surface area contributed by atoms with Crippen LogP contribution in [0.15, 0.2) is 91.0 Å². The number of ether oxygens (including phenoxy) is 2. The topological polar surface area (TPSA) is 76.7 Å². The van der Waals surface area contributed by atoms with E-state index in [-0.39, 0.29) is 18.4 Å². The largest absolute Gasteiger partial charge is 0.497 e. The first kappa shape index (κ1) is 20.9. The minimum atomic E-state index is -0.284. The lowest BCUT2D eigenvalue weighted by Crippen LogP contribution is -2.20. The van der Waals surface area contributed by atoms with Gasteiger partial charge in [-0.05, 0) is 71.4 Å². The van der Waals surface area contributed by atoms with Crippen molar-refractivity contribution in [3.05, 3.63) is 96.6 Å². The van der Waals surface area contributed by atoms with Gasteiger partial charge in [-0.2, -0.15) is 0 Å². The number of rotatable bonds is 7. The summed E-state index contributed by atoms with van der Waals surface area (Å²) in [6.07, 6.45) is 0. The highest BCUT2D eigenvalue weighted by Crippen LogP contribution is 2.21. The van der Waals surface area contributed by atoms with Crippen LogP contribution < -0.4 is 20.1 Å². The lowest BCUT2D eigenvalue weighted by atomic mass is 10.1. The molecule has 6 heteroatoms. The molecule has 0 bridgehead atoms. The summed E-state index contributed by atoms with van der Waals surface area (Å²) in [6.45, 7) is -0.113. The first-order valence-corrected chi connectivity index (χ1v) is 10.1. The lowest BCUT2D eigenvalue weighted by Gasteiger charge is -2.09. The Bertz CT molecular complexity index is 1230. The molecule has 2 amide bonds. The standard InChI is InChI=1S/C26H22N2O4/c1-31-23-14-11-22(12-15-23)28-26(30)19-6-9-21(10-7-19)27-25(29)17-32-24-13-8-18-4-2-3-5-20(18)16-24/h2-16H,17H2,1H3,(H,27,29)(H,28,30). The summed E-state index contributed by atoms with van der Waals surface area (Å²) in [5.74, 6) is 0.818. The number of carbonyl (C=O) groups excluding carboxylic acids is 2. The van der Waals surface area contributed by atoms with Crippen molar-refractivity contribution in [3.63, 3.8) is 0 Å². The molecule has 0 spiro atoms. The van der Waals surface area contributed by atoms with Gasteiger partial charge < -0.3 is 20.1 Å². The summed E-state index contributed by atoms with van der Waals surface area (Å²) < 4.78 is 10.7. The summed E-state index contributed by atoms with van der Waals surface area (Å²) in [5, 5.41) is 7.75. The van der Waals surface area contributed by atoms with E-state index >= 15 is 0 Å². The van der Waals surface area contributed by atoms with Gasteiger partial charge in [0.15, 0.2) is 6.61 Å². The van der Waals surface area contributed by atoms with Crippen molar-refractivity contribution in [2.24, 2.45) is 0 Å². The number of carbonyl (C=O) groups is 2. The number of fused-ring (bicyclic) bond motifs is 1. The van der Waals surface area contributed by atoms with E-state index in [2.05, 4.69) is 10.6 Å². The molecule has 4 aromatic carbocycles. The third-order valence-corrected chi connectivity index (χ3v) is 4.87. The molecule has 160 valence electrons. The molecule has 2 N–H and O–H groups in total. The Morgan fingerprint density at radius 3 is 2.06 bits per heavy atom. The number of anilines is 2. The van der Waals surface area contributed by atoms with E-state index in [1.807, 2.05) is 42.5 Å². The van der Waals surface area contributed by atoms with Crippen molar-refractivity contribution in [1.82, 2.24) is 0 Å². The van der Waals surface area contributed by atoms with Gasteiger partial charge in [-0.15, -0.1) is 0 Å². The first-order valence-electron chi connectivity index (χ1n) is 10.1. The van der Waals surface area contributed by atoms with Gasteiger partial charge in [-0.25, -0.2) is 0 Å². The molecule has 0 heterocycles. The van der Waals surface area contributed by atoms with Crippen LogP contribution in [-0.2, 0) is 4.79 Å². The van der Waals surface area contributed by atoms with E-state index in [9.17, 15) is 9.59 Å². The molecule has 4 rings (SSSR count). The quantitative estimate of drug-likeness (QED) is 0.430. The van der Waals surface area contributed by atoms with Crippen LogP contribution in [0.2, 0.25) is 0 Å². The van der Waals surface area contributed by atoms with E-state index < -0.39 is 0 Å². The first-order chi connectivity index (χ1) is 15.6.